The zero-order chi connectivity index (χ0) is 21.7. The van der Waals surface area contributed by atoms with E-state index in [1.165, 1.54) is 11.3 Å². The summed E-state index contributed by atoms with van der Waals surface area (Å²) >= 11 is 4.76. The number of carbonyl (C=O) groups is 2. The minimum Gasteiger partial charge on any atom is -0.486 e. The zero-order valence-electron chi connectivity index (χ0n) is 16.5. The molecule has 1 amide bonds. The van der Waals surface area contributed by atoms with Crippen LogP contribution in [0.5, 0.6) is 5.75 Å². The van der Waals surface area contributed by atoms with Gasteiger partial charge in [0, 0.05) is 17.4 Å². The van der Waals surface area contributed by atoms with Crippen LogP contribution in [0.4, 0.5) is 5.00 Å². The van der Waals surface area contributed by atoms with E-state index in [4.69, 9.17) is 9.47 Å². The van der Waals surface area contributed by atoms with Crippen molar-refractivity contribution in [2.75, 3.05) is 11.9 Å². The zero-order valence-corrected chi connectivity index (χ0v) is 18.9. The monoisotopic (exact) mass is 486 g/mol. The molecule has 8 heteroatoms. The highest BCUT2D eigenvalue weighted by Gasteiger charge is 2.24. The van der Waals surface area contributed by atoms with E-state index < -0.39 is 5.97 Å². The highest BCUT2D eigenvalue weighted by atomic mass is 79.9. The van der Waals surface area contributed by atoms with E-state index in [2.05, 4.69) is 27.3 Å². The van der Waals surface area contributed by atoms with Crippen molar-refractivity contribution in [1.29, 1.82) is 5.26 Å². The molecule has 0 aliphatic carbocycles. The Morgan fingerprint density at radius 3 is 2.67 bits per heavy atom. The lowest BCUT2D eigenvalue weighted by Gasteiger charge is -2.10. The molecule has 0 fully saturated rings. The molecular formula is C22H19BrN2O4S. The van der Waals surface area contributed by atoms with E-state index in [1.807, 2.05) is 12.1 Å². The van der Waals surface area contributed by atoms with Gasteiger partial charge in [-0.2, -0.15) is 5.26 Å². The number of nitriles is 1. The van der Waals surface area contributed by atoms with Crippen LogP contribution in [0, 0.1) is 11.3 Å². The lowest BCUT2D eigenvalue weighted by atomic mass is 10.1. The summed E-state index contributed by atoms with van der Waals surface area (Å²) in [5, 5.41) is 13.2. The number of carbonyl (C=O) groups excluding carboxylic acids is 2. The van der Waals surface area contributed by atoms with Crippen molar-refractivity contribution in [2.24, 2.45) is 0 Å². The number of halogens is 1. The van der Waals surface area contributed by atoms with Crippen LogP contribution in [0.1, 0.15) is 41.8 Å². The predicted molar refractivity (Wildman–Crippen MR) is 120 cm³/mol. The summed E-state index contributed by atoms with van der Waals surface area (Å²) in [6, 6.07) is 12.9. The maximum Gasteiger partial charge on any atom is 0.341 e. The molecule has 0 aliphatic rings. The Morgan fingerprint density at radius 2 is 1.97 bits per heavy atom. The Kier molecular flexibility index (Phi) is 7.08. The first-order valence-electron chi connectivity index (χ1n) is 9.32. The summed E-state index contributed by atoms with van der Waals surface area (Å²) in [6.07, 6.45) is 0.286. The largest absolute Gasteiger partial charge is 0.486 e. The lowest BCUT2D eigenvalue weighted by Crippen LogP contribution is -2.12. The number of hydrogen-bond acceptors (Lipinski definition) is 6. The number of rotatable bonds is 7. The van der Waals surface area contributed by atoms with Crippen LogP contribution in [-0.2, 0) is 16.1 Å². The minimum absolute atomic E-state index is 0.185. The number of anilines is 1. The molecule has 0 radical (unpaired) electrons. The standard InChI is InChI=1S/C22H19BrN2O4S/c1-3-17(26)25-21-18(22(27)28-4-2)15-9-10-16(23)19(20(15)30-21)29-12-14-8-6-5-7-13(14)11-24/h5-10H,3-4,12H2,1-2H3,(H,25,26). The molecule has 2 aromatic carbocycles. The van der Waals surface area contributed by atoms with Gasteiger partial charge in [-0.25, -0.2) is 4.79 Å². The van der Waals surface area contributed by atoms with E-state index in [-0.39, 0.29) is 25.5 Å². The third-order valence-corrected chi connectivity index (χ3v) is 6.07. The third kappa shape index (κ3) is 4.48. The van der Waals surface area contributed by atoms with Gasteiger partial charge >= 0.3 is 5.97 Å². The number of amides is 1. The molecular weight excluding hydrogens is 468 g/mol. The van der Waals surface area contributed by atoms with Crippen LogP contribution in [0.2, 0.25) is 0 Å². The van der Waals surface area contributed by atoms with Gasteiger partial charge in [0.05, 0.1) is 27.4 Å². The number of ether oxygens (including phenoxy) is 2. The van der Waals surface area contributed by atoms with Gasteiger partial charge in [0.1, 0.15) is 17.2 Å². The highest BCUT2D eigenvalue weighted by Crippen LogP contribution is 2.45. The number of nitrogens with one attached hydrogen (secondary N) is 1. The minimum atomic E-state index is -0.502. The fourth-order valence-corrected chi connectivity index (χ4v) is 4.64. The van der Waals surface area contributed by atoms with Gasteiger partial charge in [-0.05, 0) is 35.0 Å². The molecule has 0 spiro atoms. The van der Waals surface area contributed by atoms with E-state index in [0.717, 1.165) is 5.56 Å². The van der Waals surface area contributed by atoms with Gasteiger partial charge < -0.3 is 14.8 Å². The van der Waals surface area contributed by atoms with Crippen LogP contribution < -0.4 is 10.1 Å². The SMILES string of the molecule is CCOC(=O)c1c(NC(=O)CC)sc2c(OCc3ccccc3C#N)c(Br)ccc12. The van der Waals surface area contributed by atoms with E-state index >= 15 is 0 Å². The fourth-order valence-electron chi connectivity index (χ4n) is 2.86. The highest BCUT2D eigenvalue weighted by molar-refractivity contribution is 9.10. The van der Waals surface area contributed by atoms with Crippen molar-refractivity contribution in [2.45, 2.75) is 26.9 Å². The lowest BCUT2D eigenvalue weighted by molar-refractivity contribution is -0.115. The van der Waals surface area contributed by atoms with Crippen LogP contribution in [0.3, 0.4) is 0 Å². The van der Waals surface area contributed by atoms with Gasteiger partial charge in [-0.1, -0.05) is 31.2 Å². The molecule has 3 aromatic rings. The van der Waals surface area contributed by atoms with Gasteiger partial charge in [-0.15, -0.1) is 11.3 Å². The van der Waals surface area contributed by atoms with E-state index in [9.17, 15) is 14.9 Å². The summed E-state index contributed by atoms with van der Waals surface area (Å²) in [6.45, 7) is 3.88. The summed E-state index contributed by atoms with van der Waals surface area (Å²) in [5.41, 5.74) is 1.61. The first-order valence-corrected chi connectivity index (χ1v) is 10.9. The van der Waals surface area contributed by atoms with Crippen molar-refractivity contribution in [3.63, 3.8) is 0 Å². The topological polar surface area (TPSA) is 88.4 Å². The average molecular weight is 487 g/mol. The Balaban J connectivity index is 2.07. The third-order valence-electron chi connectivity index (χ3n) is 4.33. The molecule has 30 heavy (non-hydrogen) atoms. The Labute approximate surface area is 186 Å². The van der Waals surface area contributed by atoms with Crippen LogP contribution in [-0.4, -0.2) is 18.5 Å². The molecule has 3 rings (SSSR count). The molecule has 6 nitrogen and oxygen atoms in total. The van der Waals surface area contributed by atoms with Crippen LogP contribution >= 0.6 is 27.3 Å². The molecule has 0 bridgehead atoms. The summed E-state index contributed by atoms with van der Waals surface area (Å²) in [4.78, 5) is 24.6. The Hall–Kier alpha value is -2.89. The van der Waals surface area contributed by atoms with Crippen LogP contribution in [0.15, 0.2) is 40.9 Å². The molecule has 1 N–H and O–H groups in total. The maximum atomic E-state index is 12.6. The number of nitrogens with zero attached hydrogens (tertiary/aromatic N) is 1. The Morgan fingerprint density at radius 1 is 1.20 bits per heavy atom. The number of thiophene rings is 1. The van der Waals surface area contributed by atoms with Crippen molar-refractivity contribution in [3.8, 4) is 11.8 Å². The van der Waals surface area contributed by atoms with Crippen molar-refractivity contribution in [3.05, 3.63) is 57.6 Å². The molecule has 154 valence electrons. The van der Waals surface area contributed by atoms with Crippen molar-refractivity contribution >= 4 is 54.2 Å². The number of fused-ring (bicyclic) bond motifs is 1. The predicted octanol–water partition coefficient (Wildman–Crippen LogP) is 5.64. The molecule has 0 atom stereocenters. The smallest absolute Gasteiger partial charge is 0.341 e. The summed E-state index contributed by atoms with van der Waals surface area (Å²) in [7, 11) is 0. The first kappa shape index (κ1) is 21.8. The number of esters is 1. The van der Waals surface area contributed by atoms with Gasteiger partial charge in [0.15, 0.2) is 5.75 Å². The quantitative estimate of drug-likeness (QED) is 0.436. The van der Waals surface area contributed by atoms with E-state index in [0.29, 0.717) is 36.4 Å². The van der Waals surface area contributed by atoms with Crippen LogP contribution in [0.25, 0.3) is 10.1 Å². The number of benzene rings is 2. The second-order valence-electron chi connectivity index (χ2n) is 6.24. The second-order valence-corrected chi connectivity index (χ2v) is 8.11. The molecule has 0 unspecified atom stereocenters. The summed E-state index contributed by atoms with van der Waals surface area (Å²) < 4.78 is 12.7. The molecule has 1 aromatic heterocycles. The van der Waals surface area contributed by atoms with Crippen molar-refractivity contribution < 1.29 is 19.1 Å². The summed E-state index contributed by atoms with van der Waals surface area (Å²) in [5.74, 6) is -0.164. The van der Waals surface area contributed by atoms with Gasteiger partial charge in [-0.3, -0.25) is 4.79 Å². The Bertz CT molecular complexity index is 1150. The molecule has 1 heterocycles. The van der Waals surface area contributed by atoms with E-state index in [1.54, 1.807) is 38.1 Å². The van der Waals surface area contributed by atoms with Gasteiger partial charge in [0.25, 0.3) is 0 Å². The molecule has 0 saturated carbocycles. The van der Waals surface area contributed by atoms with Crippen molar-refractivity contribution in [1.82, 2.24) is 0 Å². The maximum absolute atomic E-state index is 12.6. The second kappa shape index (κ2) is 9.74. The number of hydrogen-bond donors (Lipinski definition) is 1. The first-order chi connectivity index (χ1) is 14.5. The van der Waals surface area contributed by atoms with Gasteiger partial charge in [0.2, 0.25) is 5.91 Å². The molecule has 0 saturated heterocycles. The molecule has 0 aliphatic heterocycles. The average Bonchev–Trinajstić information content (AvgIpc) is 3.11. The normalized spacial score (nSPS) is 10.5. The fraction of sp³-hybridized carbons (Fsp3) is 0.227.